The Morgan fingerprint density at radius 2 is 1.90 bits per heavy atom. The fourth-order valence-electron chi connectivity index (χ4n) is 3.43. The molecule has 1 fully saturated rings. The van der Waals surface area contributed by atoms with Crippen molar-refractivity contribution in [2.75, 3.05) is 25.0 Å². The van der Waals surface area contributed by atoms with Crippen molar-refractivity contribution in [3.8, 4) is 12.1 Å². The van der Waals surface area contributed by atoms with Crippen LogP contribution in [0.2, 0.25) is 0 Å². The molecule has 0 aliphatic carbocycles. The second-order valence-corrected chi connectivity index (χ2v) is 6.79. The number of hydrogen-bond donors (Lipinski definition) is 2. The van der Waals surface area contributed by atoms with Crippen LogP contribution in [0.5, 0.6) is 0 Å². The summed E-state index contributed by atoms with van der Waals surface area (Å²) in [5, 5.41) is 25.1. The summed E-state index contributed by atoms with van der Waals surface area (Å²) < 4.78 is 0. The molecule has 1 heterocycles. The summed E-state index contributed by atoms with van der Waals surface area (Å²) in [6, 6.07) is 20.0. The summed E-state index contributed by atoms with van der Waals surface area (Å²) in [5.74, 6) is 0.754. The topological polar surface area (TPSA) is 87.2 Å². The molecule has 0 saturated carbocycles. The molecule has 1 atom stereocenters. The van der Waals surface area contributed by atoms with Crippen molar-refractivity contribution in [1.29, 1.82) is 10.5 Å². The first kappa shape index (κ1) is 22.5. The van der Waals surface area contributed by atoms with Crippen molar-refractivity contribution in [2.24, 2.45) is 4.99 Å². The van der Waals surface area contributed by atoms with Crippen LogP contribution in [0.15, 0.2) is 53.5 Å². The zero-order valence-electron chi connectivity index (χ0n) is 16.4. The number of anilines is 1. The Hall–Kier alpha value is -2.78. The minimum atomic E-state index is 0. The van der Waals surface area contributed by atoms with Gasteiger partial charge < -0.3 is 15.5 Å². The number of aliphatic imine (C=N–C) groups is 1. The van der Waals surface area contributed by atoms with E-state index in [0.29, 0.717) is 17.7 Å². The quantitative estimate of drug-likeness (QED) is 0.382. The van der Waals surface area contributed by atoms with Gasteiger partial charge in [-0.3, -0.25) is 4.99 Å². The molecule has 0 amide bonds. The van der Waals surface area contributed by atoms with Gasteiger partial charge >= 0.3 is 0 Å². The van der Waals surface area contributed by atoms with E-state index in [1.54, 1.807) is 7.05 Å². The lowest BCUT2D eigenvalue weighted by Crippen LogP contribution is -2.51. The van der Waals surface area contributed by atoms with Crippen molar-refractivity contribution in [1.82, 2.24) is 10.6 Å². The van der Waals surface area contributed by atoms with Gasteiger partial charge in [0.1, 0.15) is 6.07 Å². The maximum Gasteiger partial charge on any atom is 0.191 e. The van der Waals surface area contributed by atoms with Crippen molar-refractivity contribution >= 4 is 35.6 Å². The van der Waals surface area contributed by atoms with E-state index in [4.69, 9.17) is 5.26 Å². The van der Waals surface area contributed by atoms with Gasteiger partial charge in [-0.2, -0.15) is 10.5 Å². The van der Waals surface area contributed by atoms with Crippen molar-refractivity contribution in [3.05, 3.63) is 65.2 Å². The Morgan fingerprint density at radius 1 is 1.14 bits per heavy atom. The van der Waals surface area contributed by atoms with E-state index in [1.165, 1.54) is 0 Å². The van der Waals surface area contributed by atoms with Crippen molar-refractivity contribution < 1.29 is 0 Å². The summed E-state index contributed by atoms with van der Waals surface area (Å²) >= 11 is 0. The van der Waals surface area contributed by atoms with Gasteiger partial charge in [-0.1, -0.05) is 24.3 Å². The SMILES string of the molecule is CN=C(NCc1ccc(C#N)cc1)NC1CCCN(c2ccccc2C#N)C1.I. The van der Waals surface area contributed by atoms with Gasteiger partial charge in [0.15, 0.2) is 5.96 Å². The Labute approximate surface area is 189 Å². The van der Waals surface area contributed by atoms with E-state index in [-0.39, 0.29) is 30.0 Å². The molecule has 29 heavy (non-hydrogen) atoms. The van der Waals surface area contributed by atoms with Crippen LogP contribution >= 0.6 is 24.0 Å². The maximum absolute atomic E-state index is 9.37. The number of benzene rings is 2. The highest BCUT2D eigenvalue weighted by atomic mass is 127. The number of nitrogens with zero attached hydrogens (tertiary/aromatic N) is 4. The van der Waals surface area contributed by atoms with Crippen molar-refractivity contribution in [2.45, 2.75) is 25.4 Å². The van der Waals surface area contributed by atoms with E-state index >= 15 is 0 Å². The average molecular weight is 500 g/mol. The molecule has 0 aromatic heterocycles. The molecule has 0 spiro atoms. The van der Waals surface area contributed by atoms with Gasteiger partial charge in [0.05, 0.1) is 22.9 Å². The highest BCUT2D eigenvalue weighted by Crippen LogP contribution is 2.23. The fourth-order valence-corrected chi connectivity index (χ4v) is 3.43. The Morgan fingerprint density at radius 3 is 2.59 bits per heavy atom. The summed E-state index contributed by atoms with van der Waals surface area (Å²) in [6.07, 6.45) is 2.12. The molecule has 150 valence electrons. The average Bonchev–Trinajstić information content (AvgIpc) is 2.77. The number of para-hydroxylation sites is 1. The molecule has 2 N–H and O–H groups in total. The van der Waals surface area contributed by atoms with Gasteiger partial charge in [0.25, 0.3) is 0 Å². The third-order valence-corrected chi connectivity index (χ3v) is 4.89. The minimum absolute atomic E-state index is 0. The lowest BCUT2D eigenvalue weighted by atomic mass is 10.0. The third-order valence-electron chi connectivity index (χ3n) is 4.89. The van der Waals surface area contributed by atoms with E-state index in [9.17, 15) is 5.26 Å². The maximum atomic E-state index is 9.37. The fraction of sp³-hybridized carbons (Fsp3) is 0.318. The third kappa shape index (κ3) is 6.10. The monoisotopic (exact) mass is 500 g/mol. The molecule has 0 radical (unpaired) electrons. The van der Waals surface area contributed by atoms with Crippen LogP contribution in [0, 0.1) is 22.7 Å². The zero-order valence-corrected chi connectivity index (χ0v) is 18.8. The van der Waals surface area contributed by atoms with E-state index in [1.807, 2.05) is 48.5 Å². The lowest BCUT2D eigenvalue weighted by molar-refractivity contribution is 0.468. The number of nitrogens with one attached hydrogen (secondary N) is 2. The summed E-state index contributed by atoms with van der Waals surface area (Å²) in [5.41, 5.74) is 3.46. The molecule has 3 rings (SSSR count). The smallest absolute Gasteiger partial charge is 0.191 e. The largest absolute Gasteiger partial charge is 0.368 e. The van der Waals surface area contributed by atoms with Crippen LogP contribution in [-0.2, 0) is 6.54 Å². The molecular formula is C22H25IN6. The molecule has 0 bridgehead atoms. The van der Waals surface area contributed by atoms with E-state index < -0.39 is 0 Å². The predicted molar refractivity (Wildman–Crippen MR) is 126 cm³/mol. The van der Waals surface area contributed by atoms with Crippen molar-refractivity contribution in [3.63, 3.8) is 0 Å². The normalized spacial score (nSPS) is 16.2. The van der Waals surface area contributed by atoms with Crippen LogP contribution in [0.3, 0.4) is 0 Å². The van der Waals surface area contributed by atoms with Crippen LogP contribution < -0.4 is 15.5 Å². The second kappa shape index (κ2) is 11.3. The van der Waals surface area contributed by atoms with Crippen LogP contribution in [-0.4, -0.2) is 32.1 Å². The zero-order chi connectivity index (χ0) is 19.8. The van der Waals surface area contributed by atoms with Crippen LogP contribution in [0.25, 0.3) is 0 Å². The molecule has 6 nitrogen and oxygen atoms in total. The molecule has 7 heteroatoms. The minimum Gasteiger partial charge on any atom is -0.368 e. The molecule has 1 unspecified atom stereocenters. The predicted octanol–water partition coefficient (Wildman–Crippen LogP) is 3.38. The summed E-state index contributed by atoms with van der Waals surface area (Å²) in [7, 11) is 1.76. The highest BCUT2D eigenvalue weighted by Gasteiger charge is 2.22. The molecular weight excluding hydrogens is 475 g/mol. The number of guanidine groups is 1. The first-order valence-corrected chi connectivity index (χ1v) is 9.44. The molecule has 1 aliphatic heterocycles. The number of piperidine rings is 1. The second-order valence-electron chi connectivity index (χ2n) is 6.79. The molecule has 1 saturated heterocycles. The Balaban J connectivity index is 0.00000300. The van der Waals surface area contributed by atoms with Gasteiger partial charge in [-0.05, 0) is 42.7 Å². The van der Waals surface area contributed by atoms with Gasteiger partial charge in [-0.25, -0.2) is 0 Å². The lowest BCUT2D eigenvalue weighted by Gasteiger charge is -2.35. The molecule has 2 aromatic rings. The van der Waals surface area contributed by atoms with Gasteiger partial charge in [0.2, 0.25) is 0 Å². The summed E-state index contributed by atoms with van der Waals surface area (Å²) in [4.78, 5) is 6.61. The molecule has 1 aliphatic rings. The van der Waals surface area contributed by atoms with Crippen LogP contribution in [0.1, 0.15) is 29.5 Å². The number of halogens is 1. The Bertz CT molecular complexity index is 910. The number of hydrogen-bond acceptors (Lipinski definition) is 4. The standard InChI is InChI=1S/C22H24N6.HI/c1-25-22(26-15-18-10-8-17(13-23)9-11-18)27-20-6-4-12-28(16-20)21-7-3-2-5-19(21)14-24;/h2-3,5,7-11,20H,4,6,12,15-16H2,1H3,(H2,25,26,27);1H. The first-order chi connectivity index (χ1) is 13.7. The van der Waals surface area contributed by atoms with Gasteiger partial charge in [-0.15, -0.1) is 24.0 Å². The number of rotatable bonds is 4. The Kier molecular flexibility index (Phi) is 8.75. The highest BCUT2D eigenvalue weighted by molar-refractivity contribution is 14.0. The molecule has 2 aromatic carbocycles. The first-order valence-electron chi connectivity index (χ1n) is 9.44. The number of nitriles is 2. The van der Waals surface area contributed by atoms with Crippen LogP contribution in [0.4, 0.5) is 5.69 Å². The summed E-state index contributed by atoms with van der Waals surface area (Å²) in [6.45, 7) is 2.42. The van der Waals surface area contributed by atoms with E-state index in [2.05, 4.69) is 32.7 Å². The van der Waals surface area contributed by atoms with Gasteiger partial charge in [0, 0.05) is 32.7 Å². The van der Waals surface area contributed by atoms with E-state index in [0.717, 1.165) is 43.1 Å².